The first-order chi connectivity index (χ1) is 7.25. The number of benzene rings is 1. The third-order valence-corrected chi connectivity index (χ3v) is 3.18. The molecule has 78 valence electrons. The van der Waals surface area contributed by atoms with Crippen LogP contribution in [0.2, 0.25) is 5.02 Å². The Morgan fingerprint density at radius 3 is 2.53 bits per heavy atom. The molecule has 0 saturated heterocycles. The van der Waals surface area contributed by atoms with Gasteiger partial charge in [0.2, 0.25) is 0 Å². The van der Waals surface area contributed by atoms with Crippen molar-refractivity contribution < 1.29 is 0 Å². The first-order valence-electron chi connectivity index (χ1n) is 4.68. The molecule has 0 bridgehead atoms. The minimum absolute atomic E-state index is 0.779. The molecule has 1 aromatic carbocycles. The van der Waals surface area contributed by atoms with Gasteiger partial charge in [-0.2, -0.15) is 0 Å². The number of aryl methyl sites for hydroxylation is 2. The van der Waals surface area contributed by atoms with Crippen LogP contribution in [0.25, 0.3) is 0 Å². The summed E-state index contributed by atoms with van der Waals surface area (Å²) in [6.07, 6.45) is 3.63. The van der Waals surface area contributed by atoms with Crippen molar-refractivity contribution in [2.24, 2.45) is 0 Å². The van der Waals surface area contributed by atoms with Crippen molar-refractivity contribution in [2.45, 2.75) is 12.8 Å². The third-order valence-electron chi connectivity index (χ3n) is 2.24. The van der Waals surface area contributed by atoms with Gasteiger partial charge >= 0.3 is 0 Å². The summed E-state index contributed by atoms with van der Waals surface area (Å²) >= 11 is 9.20. The van der Waals surface area contributed by atoms with Crippen molar-refractivity contribution in [2.75, 3.05) is 0 Å². The van der Waals surface area contributed by atoms with Gasteiger partial charge in [-0.15, -0.1) is 0 Å². The third kappa shape index (κ3) is 2.83. The van der Waals surface area contributed by atoms with E-state index >= 15 is 0 Å². The molecule has 0 radical (unpaired) electrons. The lowest BCUT2D eigenvalue weighted by Crippen LogP contribution is -1.92. The van der Waals surface area contributed by atoms with E-state index in [2.05, 4.69) is 25.9 Å². The highest BCUT2D eigenvalue weighted by molar-refractivity contribution is 9.10. The number of hydrogen-bond donors (Lipinski definition) is 1. The fourth-order valence-corrected chi connectivity index (χ4v) is 1.94. The zero-order valence-corrected chi connectivity index (χ0v) is 10.3. The van der Waals surface area contributed by atoms with Gasteiger partial charge in [0, 0.05) is 10.7 Å². The highest BCUT2D eigenvalue weighted by Crippen LogP contribution is 2.15. The minimum atomic E-state index is 0.779. The summed E-state index contributed by atoms with van der Waals surface area (Å²) in [6, 6.07) is 7.93. The fraction of sp³-hybridized carbons (Fsp3) is 0.182. The first kappa shape index (κ1) is 10.7. The Labute approximate surface area is 102 Å². The number of aromatic nitrogens is 2. The monoisotopic (exact) mass is 284 g/mol. The lowest BCUT2D eigenvalue weighted by molar-refractivity contribution is 0.919. The average molecular weight is 286 g/mol. The predicted octanol–water partition coefficient (Wildman–Crippen LogP) is 3.61. The van der Waals surface area contributed by atoms with Gasteiger partial charge in [-0.1, -0.05) is 23.7 Å². The van der Waals surface area contributed by atoms with E-state index in [1.165, 1.54) is 5.56 Å². The number of nitrogens with one attached hydrogen (secondary N) is 1. The van der Waals surface area contributed by atoms with Crippen molar-refractivity contribution in [1.29, 1.82) is 0 Å². The van der Waals surface area contributed by atoms with Gasteiger partial charge in [-0.05, 0) is 46.5 Å². The van der Waals surface area contributed by atoms with E-state index < -0.39 is 0 Å². The fourth-order valence-electron chi connectivity index (χ4n) is 1.40. The topological polar surface area (TPSA) is 28.7 Å². The maximum Gasteiger partial charge on any atom is 0.127 e. The van der Waals surface area contributed by atoms with E-state index in [9.17, 15) is 0 Å². The van der Waals surface area contributed by atoms with Crippen LogP contribution >= 0.6 is 27.5 Å². The summed E-state index contributed by atoms with van der Waals surface area (Å²) in [4.78, 5) is 7.19. The summed E-state index contributed by atoms with van der Waals surface area (Å²) in [6.45, 7) is 0. The van der Waals surface area contributed by atoms with Gasteiger partial charge in [-0.3, -0.25) is 0 Å². The van der Waals surface area contributed by atoms with E-state index in [0.29, 0.717) is 0 Å². The Hall–Kier alpha value is -0.800. The highest BCUT2D eigenvalue weighted by Gasteiger charge is 2.02. The maximum absolute atomic E-state index is 5.81. The number of imidazole rings is 1. The van der Waals surface area contributed by atoms with Crippen molar-refractivity contribution in [1.82, 2.24) is 9.97 Å². The molecule has 4 heteroatoms. The summed E-state index contributed by atoms with van der Waals surface area (Å²) in [5.74, 6) is 0. The second kappa shape index (κ2) is 4.81. The van der Waals surface area contributed by atoms with Crippen LogP contribution in [0, 0.1) is 0 Å². The van der Waals surface area contributed by atoms with E-state index in [1.807, 2.05) is 24.3 Å². The minimum Gasteiger partial charge on any atom is -0.348 e. The van der Waals surface area contributed by atoms with E-state index in [1.54, 1.807) is 6.33 Å². The summed E-state index contributed by atoms with van der Waals surface area (Å²) in [5, 5.41) is 0.779. The molecule has 1 N–H and O–H groups in total. The quantitative estimate of drug-likeness (QED) is 0.917. The Kier molecular flexibility index (Phi) is 3.44. The van der Waals surface area contributed by atoms with Gasteiger partial charge in [-0.25, -0.2) is 4.98 Å². The molecule has 1 heterocycles. The summed E-state index contributed by atoms with van der Waals surface area (Å²) in [7, 11) is 0. The molecule has 2 aromatic rings. The molecule has 15 heavy (non-hydrogen) atoms. The SMILES string of the molecule is Clc1ccc(CCc2[nH]cnc2Br)cc1. The molecular formula is C11H10BrClN2. The van der Waals surface area contributed by atoms with E-state index in [4.69, 9.17) is 11.6 Å². The molecule has 0 aliphatic rings. The summed E-state index contributed by atoms with van der Waals surface area (Å²) < 4.78 is 0.900. The molecule has 2 rings (SSSR count). The van der Waals surface area contributed by atoms with E-state index in [-0.39, 0.29) is 0 Å². The molecular weight excluding hydrogens is 275 g/mol. The van der Waals surface area contributed by atoms with Gasteiger partial charge in [0.05, 0.1) is 6.33 Å². The van der Waals surface area contributed by atoms with Crippen LogP contribution in [0.5, 0.6) is 0 Å². The van der Waals surface area contributed by atoms with Crippen molar-refractivity contribution in [3.63, 3.8) is 0 Å². The molecule has 0 aliphatic carbocycles. The average Bonchev–Trinajstić information content (AvgIpc) is 2.63. The van der Waals surface area contributed by atoms with Crippen LogP contribution in [0.3, 0.4) is 0 Å². The second-order valence-electron chi connectivity index (χ2n) is 3.30. The Morgan fingerprint density at radius 2 is 1.93 bits per heavy atom. The second-order valence-corrected chi connectivity index (χ2v) is 4.49. The van der Waals surface area contributed by atoms with Crippen molar-refractivity contribution in [3.8, 4) is 0 Å². The largest absolute Gasteiger partial charge is 0.348 e. The van der Waals surface area contributed by atoms with Crippen molar-refractivity contribution >= 4 is 27.5 Å². The van der Waals surface area contributed by atoms with E-state index in [0.717, 1.165) is 28.2 Å². The van der Waals surface area contributed by atoms with Crippen LogP contribution in [0.15, 0.2) is 35.2 Å². The van der Waals surface area contributed by atoms with Gasteiger partial charge in [0.25, 0.3) is 0 Å². The van der Waals surface area contributed by atoms with Crippen LogP contribution in [0.1, 0.15) is 11.3 Å². The molecule has 0 fully saturated rings. The standard InChI is InChI=1S/C11H10BrClN2/c12-11-10(14-7-15-11)6-3-8-1-4-9(13)5-2-8/h1-2,4-5,7H,3,6H2,(H,14,15). The number of nitrogens with zero attached hydrogens (tertiary/aromatic N) is 1. The first-order valence-corrected chi connectivity index (χ1v) is 5.85. The van der Waals surface area contributed by atoms with Gasteiger partial charge in [0.15, 0.2) is 0 Å². The van der Waals surface area contributed by atoms with Gasteiger partial charge < -0.3 is 4.98 Å². The lowest BCUT2D eigenvalue weighted by atomic mass is 10.1. The molecule has 0 saturated carbocycles. The molecule has 1 aromatic heterocycles. The Balaban J connectivity index is 1.99. The van der Waals surface area contributed by atoms with Crippen molar-refractivity contribution in [3.05, 3.63) is 51.5 Å². The number of aromatic amines is 1. The number of halogens is 2. The molecule has 0 aliphatic heterocycles. The van der Waals surface area contributed by atoms with Gasteiger partial charge in [0.1, 0.15) is 4.60 Å². The molecule has 0 spiro atoms. The molecule has 0 atom stereocenters. The summed E-state index contributed by atoms with van der Waals surface area (Å²) in [5.41, 5.74) is 2.41. The maximum atomic E-state index is 5.81. The molecule has 2 nitrogen and oxygen atoms in total. The van der Waals surface area contributed by atoms with Crippen LogP contribution in [-0.2, 0) is 12.8 Å². The number of H-pyrrole nitrogens is 1. The van der Waals surface area contributed by atoms with Crippen LogP contribution < -0.4 is 0 Å². The Morgan fingerprint density at radius 1 is 1.20 bits per heavy atom. The molecule has 0 unspecified atom stereocenters. The predicted molar refractivity (Wildman–Crippen MR) is 65.1 cm³/mol. The van der Waals surface area contributed by atoms with Crippen LogP contribution in [0.4, 0.5) is 0 Å². The lowest BCUT2D eigenvalue weighted by Gasteiger charge is -2.00. The van der Waals surface area contributed by atoms with Crippen LogP contribution in [-0.4, -0.2) is 9.97 Å². The normalized spacial score (nSPS) is 10.5. The number of hydrogen-bond acceptors (Lipinski definition) is 1. The zero-order valence-electron chi connectivity index (χ0n) is 8.00. The highest BCUT2D eigenvalue weighted by atomic mass is 79.9. The molecule has 0 amide bonds. The Bertz CT molecular complexity index is 436. The smallest absolute Gasteiger partial charge is 0.127 e. The number of rotatable bonds is 3. The zero-order chi connectivity index (χ0) is 10.7.